The molecule has 0 spiro atoms. The summed E-state index contributed by atoms with van der Waals surface area (Å²) in [6.45, 7) is 0. The Kier molecular flexibility index (Phi) is 6.97. The summed E-state index contributed by atoms with van der Waals surface area (Å²) in [5, 5.41) is 20.7. The van der Waals surface area contributed by atoms with Crippen LogP contribution < -0.4 is 20.3 Å². The monoisotopic (exact) mass is 486 g/mol. The number of sulfonamides is 1. The van der Waals surface area contributed by atoms with Gasteiger partial charge in [0.2, 0.25) is 0 Å². The smallest absolute Gasteiger partial charge is 0.273 e. The zero-order valence-electron chi connectivity index (χ0n) is 17.5. The summed E-state index contributed by atoms with van der Waals surface area (Å²) in [7, 11) is -2.90. The van der Waals surface area contributed by atoms with E-state index in [1.807, 2.05) is 0 Å². The first-order valence-electron chi connectivity index (χ1n) is 9.46. The van der Waals surface area contributed by atoms with Crippen LogP contribution in [0.1, 0.15) is 20.7 Å². The number of phenols is 1. The molecule has 0 aliphatic rings. The van der Waals surface area contributed by atoms with Crippen LogP contribution in [0.25, 0.3) is 0 Å². The Balaban J connectivity index is 1.71. The van der Waals surface area contributed by atoms with Crippen LogP contribution in [0.2, 0.25) is 0 Å². The Morgan fingerprint density at radius 1 is 0.971 bits per heavy atom. The number of nitrogens with one attached hydrogen (secondary N) is 3. The number of nitrogens with zero attached hydrogens (tertiary/aromatic N) is 1. The summed E-state index contributed by atoms with van der Waals surface area (Å²) < 4.78 is 32.7. The van der Waals surface area contributed by atoms with Crippen LogP contribution in [-0.2, 0) is 10.0 Å². The fourth-order valence-corrected chi connectivity index (χ4v) is 3.86. The van der Waals surface area contributed by atoms with Crippen LogP contribution in [0.15, 0.2) is 71.6 Å². The Labute approximate surface area is 193 Å². The van der Waals surface area contributed by atoms with Crippen molar-refractivity contribution in [1.29, 1.82) is 0 Å². The number of hydrazine groups is 1. The molecule has 3 aromatic carbocycles. The van der Waals surface area contributed by atoms with Crippen molar-refractivity contribution in [3.05, 3.63) is 88.0 Å². The first kappa shape index (κ1) is 24.0. The van der Waals surface area contributed by atoms with E-state index in [1.165, 1.54) is 55.6 Å². The highest BCUT2D eigenvalue weighted by molar-refractivity contribution is 7.92. The molecule has 176 valence electrons. The lowest BCUT2D eigenvalue weighted by Crippen LogP contribution is -2.41. The molecule has 34 heavy (non-hydrogen) atoms. The molecule has 0 heterocycles. The molecule has 0 radical (unpaired) electrons. The van der Waals surface area contributed by atoms with E-state index in [1.54, 1.807) is 0 Å². The molecule has 0 aromatic heterocycles. The maximum Gasteiger partial charge on any atom is 0.273 e. The summed E-state index contributed by atoms with van der Waals surface area (Å²) >= 11 is 0. The summed E-state index contributed by atoms with van der Waals surface area (Å²) in [4.78, 5) is 34.4. The van der Waals surface area contributed by atoms with E-state index in [0.29, 0.717) is 0 Å². The van der Waals surface area contributed by atoms with Gasteiger partial charge in [-0.05, 0) is 42.5 Å². The molecule has 0 fully saturated rings. The van der Waals surface area contributed by atoms with E-state index in [4.69, 9.17) is 4.74 Å². The average molecular weight is 486 g/mol. The first-order valence-corrected chi connectivity index (χ1v) is 10.9. The summed E-state index contributed by atoms with van der Waals surface area (Å²) in [6.07, 6.45) is 0. The van der Waals surface area contributed by atoms with Gasteiger partial charge < -0.3 is 9.84 Å². The topological polar surface area (TPSA) is 177 Å². The molecular formula is C21H18N4O8S. The highest BCUT2D eigenvalue weighted by Gasteiger charge is 2.20. The third-order valence-corrected chi connectivity index (χ3v) is 5.88. The molecule has 2 amide bonds. The second kappa shape index (κ2) is 9.87. The number of benzene rings is 3. The third-order valence-electron chi connectivity index (χ3n) is 4.50. The molecule has 0 atom stereocenters. The van der Waals surface area contributed by atoms with Gasteiger partial charge in [0.1, 0.15) is 11.5 Å². The van der Waals surface area contributed by atoms with E-state index < -0.39 is 26.8 Å². The average Bonchev–Trinajstić information content (AvgIpc) is 2.82. The van der Waals surface area contributed by atoms with Crippen molar-refractivity contribution < 1.29 is 32.8 Å². The Morgan fingerprint density at radius 3 is 2.24 bits per heavy atom. The largest absolute Gasteiger partial charge is 0.507 e. The van der Waals surface area contributed by atoms with Gasteiger partial charge in [0, 0.05) is 17.7 Å². The van der Waals surface area contributed by atoms with Crippen molar-refractivity contribution in [2.24, 2.45) is 0 Å². The minimum atomic E-state index is -4.18. The Morgan fingerprint density at radius 2 is 1.62 bits per heavy atom. The summed E-state index contributed by atoms with van der Waals surface area (Å²) in [6, 6.07) is 13.9. The molecule has 3 rings (SSSR count). The molecule has 13 heteroatoms. The number of carbonyl (C=O) groups excluding carboxylic acids is 2. The van der Waals surface area contributed by atoms with Gasteiger partial charge in [-0.1, -0.05) is 12.1 Å². The minimum Gasteiger partial charge on any atom is -0.507 e. The lowest BCUT2D eigenvalue weighted by Gasteiger charge is -2.12. The number of ether oxygens (including phenoxy) is 1. The van der Waals surface area contributed by atoms with Crippen LogP contribution in [0, 0.1) is 10.1 Å². The number of hydrogen-bond donors (Lipinski definition) is 4. The molecular weight excluding hydrogens is 468 g/mol. The minimum absolute atomic E-state index is 0.0319. The number of anilines is 1. The van der Waals surface area contributed by atoms with E-state index in [2.05, 4.69) is 15.6 Å². The number of hydrogen-bond acceptors (Lipinski definition) is 8. The number of phenolic OH excluding ortho intramolecular Hbond substituents is 1. The summed E-state index contributed by atoms with van der Waals surface area (Å²) in [5.41, 5.74) is 3.82. The van der Waals surface area contributed by atoms with Crippen molar-refractivity contribution in [3.63, 3.8) is 0 Å². The van der Waals surface area contributed by atoms with Crippen LogP contribution in [0.3, 0.4) is 0 Å². The van der Waals surface area contributed by atoms with Crippen LogP contribution >= 0.6 is 0 Å². The maximum atomic E-state index is 12.7. The second-order valence-electron chi connectivity index (χ2n) is 6.70. The van der Waals surface area contributed by atoms with Crippen LogP contribution in [0.5, 0.6) is 11.5 Å². The number of carbonyl (C=O) groups is 2. The lowest BCUT2D eigenvalue weighted by molar-refractivity contribution is -0.384. The lowest BCUT2D eigenvalue weighted by atomic mass is 10.2. The van der Waals surface area contributed by atoms with E-state index >= 15 is 0 Å². The van der Waals surface area contributed by atoms with Gasteiger partial charge in [-0.15, -0.1) is 0 Å². The van der Waals surface area contributed by atoms with Gasteiger partial charge in [0.05, 0.1) is 28.2 Å². The number of non-ortho nitro benzene ring substituents is 1. The van der Waals surface area contributed by atoms with Gasteiger partial charge >= 0.3 is 0 Å². The van der Waals surface area contributed by atoms with Gasteiger partial charge in [-0.3, -0.25) is 35.3 Å². The summed E-state index contributed by atoms with van der Waals surface area (Å²) in [5.74, 6) is -1.68. The number of rotatable bonds is 7. The highest BCUT2D eigenvalue weighted by atomic mass is 32.2. The van der Waals surface area contributed by atoms with Crippen molar-refractivity contribution in [2.75, 3.05) is 11.8 Å². The molecule has 0 saturated heterocycles. The van der Waals surface area contributed by atoms with Crippen LogP contribution in [0.4, 0.5) is 11.4 Å². The molecule has 0 aliphatic heterocycles. The number of para-hydroxylation sites is 1. The van der Waals surface area contributed by atoms with Gasteiger partial charge in [-0.25, -0.2) is 8.42 Å². The van der Waals surface area contributed by atoms with Crippen molar-refractivity contribution in [2.45, 2.75) is 4.90 Å². The van der Waals surface area contributed by atoms with Gasteiger partial charge in [0.25, 0.3) is 27.5 Å². The number of aromatic hydroxyl groups is 1. The second-order valence-corrected chi connectivity index (χ2v) is 8.38. The van der Waals surface area contributed by atoms with Crippen molar-refractivity contribution in [3.8, 4) is 11.5 Å². The predicted molar refractivity (Wildman–Crippen MR) is 120 cm³/mol. The quantitative estimate of drug-likeness (QED) is 0.290. The maximum absolute atomic E-state index is 12.7. The molecule has 0 aliphatic carbocycles. The zero-order chi connectivity index (χ0) is 24.9. The molecule has 3 aromatic rings. The zero-order valence-corrected chi connectivity index (χ0v) is 18.3. The SMILES string of the molecule is COc1ccc([N+](=O)[O-])cc1NS(=O)(=O)c1ccc(C(=O)NNC(=O)c2ccccc2O)cc1. The standard InChI is InChI=1S/C21H18N4O8S/c1-33-19-11-8-14(25(29)30)12-17(19)24-34(31,32)15-9-6-13(7-10-15)20(27)22-23-21(28)16-4-2-3-5-18(16)26/h2-12,24,26H,1H3,(H,22,27)(H,23,28). The number of nitro benzene ring substituents is 1. The first-order chi connectivity index (χ1) is 16.1. The predicted octanol–water partition coefficient (Wildman–Crippen LogP) is 2.18. The van der Waals surface area contributed by atoms with Gasteiger partial charge in [0.15, 0.2) is 0 Å². The number of amides is 2. The van der Waals surface area contributed by atoms with E-state index in [0.717, 1.165) is 18.2 Å². The molecule has 0 unspecified atom stereocenters. The van der Waals surface area contributed by atoms with E-state index in [9.17, 15) is 33.2 Å². The van der Waals surface area contributed by atoms with Crippen molar-refractivity contribution in [1.82, 2.24) is 10.9 Å². The fourth-order valence-electron chi connectivity index (χ4n) is 2.80. The fraction of sp³-hybridized carbons (Fsp3) is 0.0476. The molecule has 0 bridgehead atoms. The Hall–Kier alpha value is -4.65. The number of methoxy groups -OCH3 is 1. The van der Waals surface area contributed by atoms with Crippen LogP contribution in [-0.4, -0.2) is 37.4 Å². The van der Waals surface area contributed by atoms with Crippen molar-refractivity contribution >= 4 is 33.2 Å². The number of nitro groups is 1. The highest BCUT2D eigenvalue weighted by Crippen LogP contribution is 2.30. The Bertz CT molecular complexity index is 1360. The van der Waals surface area contributed by atoms with Gasteiger partial charge in [-0.2, -0.15) is 0 Å². The third kappa shape index (κ3) is 5.39. The molecule has 4 N–H and O–H groups in total. The van der Waals surface area contributed by atoms with E-state index in [-0.39, 0.29) is 38.9 Å². The normalized spacial score (nSPS) is 10.7. The molecule has 0 saturated carbocycles. The molecule has 12 nitrogen and oxygen atoms in total.